The van der Waals surface area contributed by atoms with Crippen molar-refractivity contribution < 1.29 is 9.53 Å². The number of aryl methyl sites for hydroxylation is 1. The van der Waals surface area contributed by atoms with Crippen molar-refractivity contribution in [1.29, 1.82) is 0 Å². The van der Waals surface area contributed by atoms with Crippen LogP contribution in [0.5, 0.6) is 5.75 Å². The maximum Gasteiger partial charge on any atom is 0.223 e. The van der Waals surface area contributed by atoms with Gasteiger partial charge in [-0.3, -0.25) is 9.69 Å². The Labute approximate surface area is 202 Å². The summed E-state index contributed by atoms with van der Waals surface area (Å²) in [4.78, 5) is 15.4. The molecule has 0 bridgehead atoms. The van der Waals surface area contributed by atoms with Gasteiger partial charge in [-0.25, -0.2) is 0 Å². The summed E-state index contributed by atoms with van der Waals surface area (Å²) in [5, 5.41) is 4.60. The highest BCUT2D eigenvalue weighted by Gasteiger charge is 2.27. The Kier molecular flexibility index (Phi) is 8.49. The minimum Gasteiger partial charge on any atom is -0.496 e. The van der Waals surface area contributed by atoms with Crippen LogP contribution < -0.4 is 10.1 Å². The van der Waals surface area contributed by atoms with Crippen molar-refractivity contribution in [3.63, 3.8) is 0 Å². The van der Waals surface area contributed by atoms with Crippen molar-refractivity contribution in [3.05, 3.63) is 62.6 Å². The minimum atomic E-state index is -0.0446. The summed E-state index contributed by atoms with van der Waals surface area (Å²) in [5.74, 6) is 1.44. The molecule has 6 heteroatoms. The Morgan fingerprint density at radius 3 is 2.41 bits per heavy atom. The number of amides is 1. The predicted molar refractivity (Wildman–Crippen MR) is 133 cm³/mol. The number of hydrogen-bond donors (Lipinski definition) is 1. The van der Waals surface area contributed by atoms with Gasteiger partial charge in [0.05, 0.1) is 13.2 Å². The lowest BCUT2D eigenvalue weighted by Gasteiger charge is -2.32. The highest BCUT2D eigenvalue weighted by Crippen LogP contribution is 2.32. The molecule has 4 nitrogen and oxygen atoms in total. The normalized spacial score (nSPS) is 16.2. The predicted octanol–water partition coefficient (Wildman–Crippen LogP) is 6.52. The molecule has 2 aromatic carbocycles. The molecule has 1 amide bonds. The number of carbonyl (C=O) groups is 1. The molecule has 1 atom stereocenters. The third kappa shape index (κ3) is 5.98. The Bertz CT molecular complexity index is 953. The van der Waals surface area contributed by atoms with Crippen LogP contribution in [0.3, 0.4) is 0 Å². The highest BCUT2D eigenvalue weighted by atomic mass is 35.5. The molecular weight excluding hydrogens is 443 g/mol. The van der Waals surface area contributed by atoms with E-state index < -0.39 is 0 Å². The van der Waals surface area contributed by atoms with Gasteiger partial charge in [-0.2, -0.15) is 0 Å². The lowest BCUT2D eigenvalue weighted by Crippen LogP contribution is -2.41. The van der Waals surface area contributed by atoms with E-state index in [0.29, 0.717) is 16.0 Å². The summed E-state index contributed by atoms with van der Waals surface area (Å²) < 4.78 is 5.56. The third-order valence-corrected chi connectivity index (χ3v) is 7.02. The lowest BCUT2D eigenvalue weighted by molar-refractivity contribution is -0.127. The lowest BCUT2D eigenvalue weighted by atomic mass is 9.92. The Hall–Kier alpha value is -1.75. The zero-order valence-corrected chi connectivity index (χ0v) is 21.2. The summed E-state index contributed by atoms with van der Waals surface area (Å²) in [6.07, 6.45) is 1.70. The van der Waals surface area contributed by atoms with Gasteiger partial charge >= 0.3 is 0 Å². The third-order valence-electron chi connectivity index (χ3n) is 6.43. The van der Waals surface area contributed by atoms with Crippen LogP contribution >= 0.6 is 23.2 Å². The van der Waals surface area contributed by atoms with Gasteiger partial charge in [0.25, 0.3) is 0 Å². The van der Waals surface area contributed by atoms with Crippen LogP contribution in [0, 0.1) is 12.8 Å². The molecule has 1 heterocycles. The number of methoxy groups -OCH3 is 1. The van der Waals surface area contributed by atoms with E-state index in [0.717, 1.165) is 54.9 Å². The first-order chi connectivity index (χ1) is 15.2. The first kappa shape index (κ1) is 24.9. The van der Waals surface area contributed by atoms with E-state index in [1.54, 1.807) is 13.2 Å². The van der Waals surface area contributed by atoms with Crippen LogP contribution in [0.2, 0.25) is 10.0 Å². The quantitative estimate of drug-likeness (QED) is 0.494. The molecule has 1 N–H and O–H groups in total. The SMILES string of the molecule is COc1cc(C)c([C@H](C)NC(=O)C2CCN(Cc3ccc(Cl)cc3Cl)CC2)cc1C(C)C. The summed E-state index contributed by atoms with van der Waals surface area (Å²) in [5.41, 5.74) is 4.53. The van der Waals surface area contributed by atoms with E-state index in [9.17, 15) is 4.79 Å². The number of rotatable bonds is 7. The summed E-state index contributed by atoms with van der Waals surface area (Å²) in [6.45, 7) is 11.0. The molecular formula is C26H34Cl2N2O2. The van der Waals surface area contributed by atoms with E-state index in [2.05, 4.69) is 50.0 Å². The van der Waals surface area contributed by atoms with Gasteiger partial charge in [-0.05, 0) is 92.2 Å². The molecule has 0 unspecified atom stereocenters. The topological polar surface area (TPSA) is 41.6 Å². The van der Waals surface area contributed by atoms with Crippen LogP contribution in [0.15, 0.2) is 30.3 Å². The number of ether oxygens (including phenoxy) is 1. The zero-order chi connectivity index (χ0) is 23.4. The second-order valence-electron chi connectivity index (χ2n) is 9.12. The molecule has 1 saturated heterocycles. The number of benzene rings is 2. The first-order valence-corrected chi connectivity index (χ1v) is 12.1. The number of nitrogens with zero attached hydrogens (tertiary/aromatic N) is 1. The van der Waals surface area contributed by atoms with Gasteiger partial charge in [-0.1, -0.05) is 43.1 Å². The average molecular weight is 477 g/mol. The molecule has 1 aliphatic heterocycles. The van der Waals surface area contributed by atoms with Gasteiger partial charge in [0.15, 0.2) is 0 Å². The molecule has 0 saturated carbocycles. The largest absolute Gasteiger partial charge is 0.496 e. The van der Waals surface area contributed by atoms with Crippen LogP contribution in [0.1, 0.15) is 67.8 Å². The van der Waals surface area contributed by atoms with E-state index >= 15 is 0 Å². The first-order valence-electron chi connectivity index (χ1n) is 11.3. The number of likely N-dealkylation sites (tertiary alicyclic amines) is 1. The molecule has 1 aliphatic rings. The molecule has 0 radical (unpaired) electrons. The molecule has 0 spiro atoms. The zero-order valence-electron chi connectivity index (χ0n) is 19.7. The van der Waals surface area contributed by atoms with Crippen molar-refractivity contribution in [1.82, 2.24) is 10.2 Å². The fourth-order valence-corrected chi connectivity index (χ4v) is 4.93. The maximum atomic E-state index is 13.0. The number of carbonyl (C=O) groups excluding carboxylic acids is 1. The smallest absolute Gasteiger partial charge is 0.223 e. The van der Waals surface area contributed by atoms with Crippen LogP contribution in [0.4, 0.5) is 0 Å². The fourth-order valence-electron chi connectivity index (χ4n) is 4.46. The van der Waals surface area contributed by atoms with Crippen molar-refractivity contribution in [2.45, 2.75) is 59.0 Å². The monoisotopic (exact) mass is 476 g/mol. The Balaban J connectivity index is 1.58. The number of nitrogens with one attached hydrogen (secondary N) is 1. The van der Waals surface area contributed by atoms with E-state index in [1.807, 2.05) is 12.1 Å². The molecule has 174 valence electrons. The molecule has 1 fully saturated rings. The van der Waals surface area contributed by atoms with E-state index in [-0.39, 0.29) is 17.9 Å². The van der Waals surface area contributed by atoms with E-state index in [4.69, 9.17) is 27.9 Å². The van der Waals surface area contributed by atoms with Gasteiger partial charge < -0.3 is 10.1 Å². The minimum absolute atomic E-state index is 0.0394. The molecule has 0 aromatic heterocycles. The van der Waals surface area contributed by atoms with Gasteiger partial charge in [-0.15, -0.1) is 0 Å². The fraction of sp³-hybridized carbons (Fsp3) is 0.500. The van der Waals surface area contributed by atoms with Crippen molar-refractivity contribution in [2.75, 3.05) is 20.2 Å². The maximum absolute atomic E-state index is 13.0. The number of piperidine rings is 1. The van der Waals surface area contributed by atoms with Crippen molar-refractivity contribution in [3.8, 4) is 5.75 Å². The second kappa shape index (κ2) is 10.9. The molecule has 0 aliphatic carbocycles. The number of hydrogen-bond acceptors (Lipinski definition) is 3. The highest BCUT2D eigenvalue weighted by molar-refractivity contribution is 6.35. The molecule has 32 heavy (non-hydrogen) atoms. The average Bonchev–Trinajstić information content (AvgIpc) is 2.75. The molecule has 2 aromatic rings. The molecule has 3 rings (SSSR count). The summed E-state index contributed by atoms with van der Waals surface area (Å²) in [7, 11) is 1.71. The van der Waals surface area contributed by atoms with Gasteiger partial charge in [0.1, 0.15) is 5.75 Å². The van der Waals surface area contributed by atoms with Crippen LogP contribution in [-0.4, -0.2) is 31.0 Å². The van der Waals surface area contributed by atoms with Gasteiger partial charge in [0.2, 0.25) is 5.91 Å². The Morgan fingerprint density at radius 2 is 1.81 bits per heavy atom. The second-order valence-corrected chi connectivity index (χ2v) is 9.97. The Morgan fingerprint density at radius 1 is 1.12 bits per heavy atom. The van der Waals surface area contributed by atoms with Crippen LogP contribution in [0.25, 0.3) is 0 Å². The van der Waals surface area contributed by atoms with Crippen molar-refractivity contribution >= 4 is 29.1 Å². The summed E-state index contributed by atoms with van der Waals surface area (Å²) >= 11 is 12.3. The standard InChI is InChI=1S/C26H34Cl2N2O2/c1-16(2)22-14-23(17(3)12-25(22)32-5)18(4)29-26(31)19-8-10-30(11-9-19)15-20-6-7-21(27)13-24(20)28/h6-7,12-14,16,18-19H,8-11,15H2,1-5H3,(H,29,31)/t18-/m0/s1. The van der Waals surface area contributed by atoms with Crippen LogP contribution in [-0.2, 0) is 11.3 Å². The van der Waals surface area contributed by atoms with E-state index in [1.165, 1.54) is 5.56 Å². The van der Waals surface area contributed by atoms with Gasteiger partial charge in [0, 0.05) is 22.5 Å². The number of halogens is 2. The summed E-state index contributed by atoms with van der Waals surface area (Å²) in [6, 6.07) is 9.85. The van der Waals surface area contributed by atoms with Crippen molar-refractivity contribution in [2.24, 2.45) is 5.92 Å².